The molecule has 1 saturated heterocycles. The Kier molecular flexibility index (Phi) is 3.60. The molecule has 1 amide bonds. The molecule has 0 radical (unpaired) electrons. The quantitative estimate of drug-likeness (QED) is 0.774. The zero-order chi connectivity index (χ0) is 13.3. The van der Waals surface area contributed by atoms with E-state index in [1.54, 1.807) is 0 Å². The SMILES string of the molecule is Cc1cc(C)c(C(=O)N2CCCC(C)C2)cc1N. The third-order valence-electron chi connectivity index (χ3n) is 3.79. The van der Waals surface area contributed by atoms with Gasteiger partial charge in [-0.25, -0.2) is 0 Å². The minimum atomic E-state index is 0.130. The number of hydrogen-bond donors (Lipinski definition) is 1. The number of carbonyl (C=O) groups is 1. The number of rotatable bonds is 1. The van der Waals surface area contributed by atoms with E-state index in [-0.39, 0.29) is 5.91 Å². The van der Waals surface area contributed by atoms with Crippen molar-refractivity contribution in [1.82, 2.24) is 4.90 Å². The molecule has 0 bridgehead atoms. The normalized spacial score (nSPS) is 19.9. The van der Waals surface area contributed by atoms with E-state index in [2.05, 4.69) is 6.92 Å². The van der Waals surface area contributed by atoms with Gasteiger partial charge < -0.3 is 10.6 Å². The Labute approximate surface area is 109 Å². The lowest BCUT2D eigenvalue weighted by molar-refractivity contribution is 0.0682. The number of aryl methyl sites for hydroxylation is 2. The molecule has 1 unspecified atom stereocenters. The van der Waals surface area contributed by atoms with Crippen LogP contribution in [-0.4, -0.2) is 23.9 Å². The van der Waals surface area contributed by atoms with Crippen LogP contribution in [0.4, 0.5) is 5.69 Å². The van der Waals surface area contributed by atoms with E-state index < -0.39 is 0 Å². The summed E-state index contributed by atoms with van der Waals surface area (Å²) in [5, 5.41) is 0. The highest BCUT2D eigenvalue weighted by atomic mass is 16.2. The Bertz CT molecular complexity index is 468. The molecule has 1 aliphatic heterocycles. The summed E-state index contributed by atoms with van der Waals surface area (Å²) in [6.45, 7) is 7.89. The van der Waals surface area contributed by atoms with E-state index in [9.17, 15) is 4.79 Å². The zero-order valence-corrected chi connectivity index (χ0v) is 11.5. The molecule has 0 aliphatic carbocycles. The number of nitrogens with two attached hydrogens (primary N) is 1. The first-order valence-electron chi connectivity index (χ1n) is 6.65. The van der Waals surface area contributed by atoms with E-state index in [1.165, 1.54) is 6.42 Å². The van der Waals surface area contributed by atoms with Crippen molar-refractivity contribution < 1.29 is 4.79 Å². The number of piperidine rings is 1. The van der Waals surface area contributed by atoms with Crippen LogP contribution in [0.3, 0.4) is 0 Å². The van der Waals surface area contributed by atoms with Gasteiger partial charge in [-0.2, -0.15) is 0 Å². The Morgan fingerprint density at radius 3 is 2.72 bits per heavy atom. The largest absolute Gasteiger partial charge is 0.398 e. The topological polar surface area (TPSA) is 46.3 Å². The summed E-state index contributed by atoms with van der Waals surface area (Å²) in [6, 6.07) is 3.82. The lowest BCUT2D eigenvalue weighted by Gasteiger charge is -2.31. The van der Waals surface area contributed by atoms with Gasteiger partial charge in [-0.1, -0.05) is 13.0 Å². The van der Waals surface area contributed by atoms with Gasteiger partial charge in [0, 0.05) is 24.3 Å². The second-order valence-electron chi connectivity index (χ2n) is 5.52. The van der Waals surface area contributed by atoms with Gasteiger partial charge in [0.2, 0.25) is 0 Å². The number of hydrogen-bond acceptors (Lipinski definition) is 2. The van der Waals surface area contributed by atoms with Gasteiger partial charge in [0.25, 0.3) is 5.91 Å². The minimum Gasteiger partial charge on any atom is -0.398 e. The zero-order valence-electron chi connectivity index (χ0n) is 11.5. The second kappa shape index (κ2) is 5.01. The van der Waals surface area contributed by atoms with Crippen LogP contribution < -0.4 is 5.73 Å². The number of amides is 1. The van der Waals surface area contributed by atoms with Crippen molar-refractivity contribution in [3.63, 3.8) is 0 Å². The fourth-order valence-corrected chi connectivity index (χ4v) is 2.64. The van der Waals surface area contributed by atoms with Gasteiger partial charge in [-0.15, -0.1) is 0 Å². The Morgan fingerprint density at radius 2 is 2.06 bits per heavy atom. The fraction of sp³-hybridized carbons (Fsp3) is 0.533. The molecule has 0 aromatic heterocycles. The molecule has 1 aromatic carbocycles. The van der Waals surface area contributed by atoms with E-state index in [0.29, 0.717) is 11.6 Å². The van der Waals surface area contributed by atoms with Crippen LogP contribution in [0, 0.1) is 19.8 Å². The number of likely N-dealkylation sites (tertiary alicyclic amines) is 1. The number of nitrogen functional groups attached to an aromatic ring is 1. The van der Waals surface area contributed by atoms with Crippen molar-refractivity contribution >= 4 is 11.6 Å². The summed E-state index contributed by atoms with van der Waals surface area (Å²) >= 11 is 0. The van der Waals surface area contributed by atoms with Crippen molar-refractivity contribution in [1.29, 1.82) is 0 Å². The highest BCUT2D eigenvalue weighted by Crippen LogP contribution is 2.22. The van der Waals surface area contributed by atoms with Crippen LogP contribution in [0.1, 0.15) is 41.3 Å². The highest BCUT2D eigenvalue weighted by molar-refractivity contribution is 5.96. The average molecular weight is 246 g/mol. The average Bonchev–Trinajstić information content (AvgIpc) is 2.33. The van der Waals surface area contributed by atoms with Crippen molar-refractivity contribution in [2.75, 3.05) is 18.8 Å². The summed E-state index contributed by atoms with van der Waals surface area (Å²) in [4.78, 5) is 14.5. The van der Waals surface area contributed by atoms with Gasteiger partial charge in [0.05, 0.1) is 0 Å². The monoisotopic (exact) mass is 246 g/mol. The van der Waals surface area contributed by atoms with Crippen molar-refractivity contribution in [3.05, 3.63) is 28.8 Å². The molecule has 0 saturated carbocycles. The molecule has 0 spiro atoms. The number of carbonyl (C=O) groups excluding carboxylic acids is 1. The second-order valence-corrected chi connectivity index (χ2v) is 5.52. The van der Waals surface area contributed by atoms with Gasteiger partial charge in [0.1, 0.15) is 0 Å². The van der Waals surface area contributed by atoms with E-state index in [1.807, 2.05) is 30.9 Å². The Morgan fingerprint density at radius 1 is 1.33 bits per heavy atom. The van der Waals surface area contributed by atoms with Gasteiger partial charge in [-0.05, 0) is 49.8 Å². The highest BCUT2D eigenvalue weighted by Gasteiger charge is 2.23. The minimum absolute atomic E-state index is 0.130. The smallest absolute Gasteiger partial charge is 0.254 e. The summed E-state index contributed by atoms with van der Waals surface area (Å²) in [5.41, 5.74) is 9.43. The predicted octanol–water partition coefficient (Wildman–Crippen LogP) is 2.76. The Hall–Kier alpha value is -1.51. The maximum Gasteiger partial charge on any atom is 0.254 e. The first-order chi connectivity index (χ1) is 8.49. The van der Waals surface area contributed by atoms with Gasteiger partial charge in [0.15, 0.2) is 0 Å². The molecule has 1 aromatic rings. The summed E-state index contributed by atoms with van der Waals surface area (Å²) in [7, 11) is 0. The van der Waals surface area contributed by atoms with Gasteiger partial charge in [-0.3, -0.25) is 4.79 Å². The lowest BCUT2D eigenvalue weighted by Crippen LogP contribution is -2.39. The maximum atomic E-state index is 12.5. The first kappa shape index (κ1) is 12.9. The van der Waals surface area contributed by atoms with Gasteiger partial charge >= 0.3 is 0 Å². The molecule has 3 nitrogen and oxygen atoms in total. The Balaban J connectivity index is 2.25. The van der Waals surface area contributed by atoms with Crippen LogP contribution >= 0.6 is 0 Å². The third-order valence-corrected chi connectivity index (χ3v) is 3.79. The molecule has 1 aliphatic rings. The van der Waals surface area contributed by atoms with Crippen LogP contribution in [-0.2, 0) is 0 Å². The van der Waals surface area contributed by atoms with E-state index in [4.69, 9.17) is 5.73 Å². The fourth-order valence-electron chi connectivity index (χ4n) is 2.64. The summed E-state index contributed by atoms with van der Waals surface area (Å²) < 4.78 is 0. The molecular formula is C15H22N2O. The molecule has 1 heterocycles. The number of anilines is 1. The molecule has 98 valence electrons. The summed E-state index contributed by atoms with van der Waals surface area (Å²) in [6.07, 6.45) is 2.33. The van der Waals surface area contributed by atoms with Crippen molar-refractivity contribution in [3.8, 4) is 0 Å². The number of benzene rings is 1. The van der Waals surface area contributed by atoms with Crippen LogP contribution in [0.5, 0.6) is 0 Å². The van der Waals surface area contributed by atoms with Crippen LogP contribution in [0.25, 0.3) is 0 Å². The maximum absolute atomic E-state index is 12.5. The predicted molar refractivity (Wildman–Crippen MR) is 74.6 cm³/mol. The molecule has 2 rings (SSSR count). The van der Waals surface area contributed by atoms with Crippen molar-refractivity contribution in [2.45, 2.75) is 33.6 Å². The number of nitrogens with zero attached hydrogens (tertiary/aromatic N) is 1. The molecule has 18 heavy (non-hydrogen) atoms. The summed E-state index contributed by atoms with van der Waals surface area (Å²) in [5.74, 6) is 0.733. The molecular weight excluding hydrogens is 224 g/mol. The molecule has 2 N–H and O–H groups in total. The van der Waals surface area contributed by atoms with Crippen molar-refractivity contribution in [2.24, 2.45) is 5.92 Å². The molecule has 1 fully saturated rings. The third kappa shape index (κ3) is 2.50. The van der Waals surface area contributed by atoms with Crippen LogP contribution in [0.2, 0.25) is 0 Å². The van der Waals surface area contributed by atoms with Crippen LogP contribution in [0.15, 0.2) is 12.1 Å². The lowest BCUT2D eigenvalue weighted by atomic mass is 9.98. The first-order valence-corrected chi connectivity index (χ1v) is 6.65. The van der Waals surface area contributed by atoms with E-state index >= 15 is 0 Å². The van der Waals surface area contributed by atoms with E-state index in [0.717, 1.165) is 36.2 Å². The standard InChI is InChI=1S/C15H22N2O/c1-10-5-4-6-17(9-10)15(18)13-8-14(16)12(3)7-11(13)2/h7-8,10H,4-6,9,16H2,1-3H3. The molecule has 3 heteroatoms. The molecule has 1 atom stereocenters.